The Morgan fingerprint density at radius 1 is 1.57 bits per heavy atom. The van der Waals surface area contributed by atoms with Gasteiger partial charge in [0, 0.05) is 26.1 Å². The molecule has 1 unspecified atom stereocenters. The van der Waals surface area contributed by atoms with Crippen molar-refractivity contribution in [2.45, 2.75) is 6.92 Å². The number of fused-ring (bicyclic) bond motifs is 1. The fourth-order valence-corrected chi connectivity index (χ4v) is 3.37. The number of nitrogens with zero attached hydrogens (tertiary/aromatic N) is 1. The predicted molar refractivity (Wildman–Crippen MR) is 66.0 cm³/mol. The molecular weight excluding hydrogens is 234 g/mol. The molecule has 0 aliphatic heterocycles. The van der Waals surface area contributed by atoms with Crippen LogP contribution in [0.1, 0.15) is 11.8 Å². The normalized spacial score (nSPS) is 14.1. The standard InChI is InChI=1S/C9H9NOS3/c1-2-14(11)10-4-8-3-7-5-12-6-9(7)13-8/h3-6H,2H2,1H3/b10-4+. The van der Waals surface area contributed by atoms with Crippen molar-refractivity contribution >= 4 is 50.0 Å². The highest BCUT2D eigenvalue weighted by atomic mass is 32.2. The summed E-state index contributed by atoms with van der Waals surface area (Å²) in [5.41, 5.74) is 0. The van der Waals surface area contributed by atoms with E-state index < -0.39 is 11.0 Å². The Hall–Kier alpha value is -0.520. The maximum Gasteiger partial charge on any atom is 0.139 e. The van der Waals surface area contributed by atoms with Crippen LogP contribution in [0.25, 0.3) is 10.1 Å². The second-order valence-electron chi connectivity index (χ2n) is 2.68. The van der Waals surface area contributed by atoms with E-state index >= 15 is 0 Å². The van der Waals surface area contributed by atoms with Gasteiger partial charge in [0.1, 0.15) is 11.0 Å². The third-order valence-corrected chi connectivity index (χ3v) is 4.50. The van der Waals surface area contributed by atoms with Gasteiger partial charge in [0.2, 0.25) is 0 Å². The van der Waals surface area contributed by atoms with Gasteiger partial charge >= 0.3 is 0 Å². The lowest BCUT2D eigenvalue weighted by Gasteiger charge is -1.85. The quantitative estimate of drug-likeness (QED) is 0.762. The van der Waals surface area contributed by atoms with E-state index in [1.54, 1.807) is 28.9 Å². The molecule has 0 amide bonds. The van der Waals surface area contributed by atoms with Crippen LogP contribution in [0.2, 0.25) is 0 Å². The van der Waals surface area contributed by atoms with Gasteiger partial charge in [0.05, 0.1) is 6.21 Å². The van der Waals surface area contributed by atoms with Gasteiger partial charge < -0.3 is 0 Å². The highest BCUT2D eigenvalue weighted by Crippen LogP contribution is 2.27. The number of hydrogen-bond donors (Lipinski definition) is 0. The number of rotatable bonds is 3. The molecule has 0 aliphatic rings. The third-order valence-electron chi connectivity index (χ3n) is 1.72. The van der Waals surface area contributed by atoms with Crippen molar-refractivity contribution in [2.24, 2.45) is 4.40 Å². The minimum absolute atomic E-state index is 0.579. The lowest BCUT2D eigenvalue weighted by Crippen LogP contribution is -1.87. The van der Waals surface area contributed by atoms with Gasteiger partial charge in [-0.2, -0.15) is 15.7 Å². The van der Waals surface area contributed by atoms with Gasteiger partial charge in [-0.15, -0.1) is 11.3 Å². The zero-order chi connectivity index (χ0) is 9.97. The molecule has 0 saturated heterocycles. The topological polar surface area (TPSA) is 29.4 Å². The molecule has 0 N–H and O–H groups in total. The Morgan fingerprint density at radius 3 is 3.14 bits per heavy atom. The first kappa shape index (κ1) is 10.0. The fourth-order valence-electron chi connectivity index (χ4n) is 1.04. The molecule has 0 saturated carbocycles. The van der Waals surface area contributed by atoms with Crippen LogP contribution in [-0.2, 0) is 11.0 Å². The van der Waals surface area contributed by atoms with E-state index in [1.165, 1.54) is 10.1 Å². The van der Waals surface area contributed by atoms with Crippen LogP contribution in [-0.4, -0.2) is 16.2 Å². The summed E-state index contributed by atoms with van der Waals surface area (Å²) in [7, 11) is -1.06. The molecule has 2 nitrogen and oxygen atoms in total. The predicted octanol–water partition coefficient (Wildman–Crippen LogP) is 3.07. The van der Waals surface area contributed by atoms with Crippen LogP contribution in [0.4, 0.5) is 0 Å². The van der Waals surface area contributed by atoms with Gasteiger partial charge in [0.25, 0.3) is 0 Å². The first-order valence-electron chi connectivity index (χ1n) is 4.18. The van der Waals surface area contributed by atoms with E-state index in [2.05, 4.69) is 21.2 Å². The SMILES string of the molecule is CCS(=O)/N=C/c1cc2cscc2s1. The molecular formula is C9H9NOS3. The number of thiophene rings is 2. The molecule has 2 rings (SSSR count). The van der Waals surface area contributed by atoms with E-state index in [0.717, 1.165) is 4.88 Å². The van der Waals surface area contributed by atoms with Gasteiger partial charge in [-0.1, -0.05) is 6.92 Å². The van der Waals surface area contributed by atoms with Crippen LogP contribution in [0.3, 0.4) is 0 Å². The van der Waals surface area contributed by atoms with Crippen molar-refractivity contribution in [3.63, 3.8) is 0 Å². The van der Waals surface area contributed by atoms with Crippen LogP contribution in [0.5, 0.6) is 0 Å². The Bertz CT molecular complexity index is 454. The summed E-state index contributed by atoms with van der Waals surface area (Å²) < 4.78 is 16.3. The molecule has 0 bridgehead atoms. The molecule has 2 heterocycles. The van der Waals surface area contributed by atoms with Crippen molar-refractivity contribution in [2.75, 3.05) is 5.75 Å². The van der Waals surface area contributed by atoms with Gasteiger partial charge in [-0.3, -0.25) is 0 Å². The first-order chi connectivity index (χ1) is 6.79. The first-order valence-corrected chi connectivity index (χ1v) is 7.21. The molecule has 74 valence electrons. The van der Waals surface area contributed by atoms with Crippen molar-refractivity contribution in [3.05, 3.63) is 21.7 Å². The van der Waals surface area contributed by atoms with E-state index in [1.807, 2.05) is 6.92 Å². The Kier molecular flexibility index (Phi) is 3.10. The summed E-state index contributed by atoms with van der Waals surface area (Å²) in [6, 6.07) is 2.08. The summed E-state index contributed by atoms with van der Waals surface area (Å²) in [6.45, 7) is 1.86. The second-order valence-corrected chi connectivity index (χ2v) is 5.97. The minimum atomic E-state index is -1.06. The summed E-state index contributed by atoms with van der Waals surface area (Å²) in [4.78, 5) is 1.07. The summed E-state index contributed by atoms with van der Waals surface area (Å²) in [6.07, 6.45) is 1.70. The van der Waals surface area contributed by atoms with Gasteiger partial charge in [-0.05, 0) is 11.4 Å². The maximum absolute atomic E-state index is 11.1. The molecule has 0 aromatic carbocycles. The maximum atomic E-state index is 11.1. The van der Waals surface area contributed by atoms with Crippen LogP contribution in [0.15, 0.2) is 21.2 Å². The Morgan fingerprint density at radius 2 is 2.43 bits per heavy atom. The molecule has 0 radical (unpaired) electrons. The number of hydrogen-bond acceptors (Lipinski definition) is 3. The lowest BCUT2D eigenvalue weighted by molar-refractivity contribution is 0.685. The van der Waals surface area contributed by atoms with E-state index in [4.69, 9.17) is 0 Å². The molecule has 0 fully saturated rings. The molecule has 2 aromatic heterocycles. The molecule has 0 aliphatic carbocycles. The fraction of sp³-hybridized carbons (Fsp3) is 0.222. The second kappa shape index (κ2) is 4.33. The monoisotopic (exact) mass is 243 g/mol. The highest BCUT2D eigenvalue weighted by molar-refractivity contribution is 7.83. The molecule has 2 aromatic rings. The van der Waals surface area contributed by atoms with Gasteiger partial charge in [0.15, 0.2) is 0 Å². The Balaban J connectivity index is 2.23. The van der Waals surface area contributed by atoms with Crippen LogP contribution in [0, 0.1) is 0 Å². The average Bonchev–Trinajstić information content (AvgIpc) is 2.73. The van der Waals surface area contributed by atoms with Crippen molar-refractivity contribution in [1.29, 1.82) is 0 Å². The summed E-state index contributed by atoms with van der Waals surface area (Å²) >= 11 is 3.39. The zero-order valence-corrected chi connectivity index (χ0v) is 10.0. The lowest BCUT2D eigenvalue weighted by atomic mass is 10.4. The van der Waals surface area contributed by atoms with Crippen molar-refractivity contribution in [1.82, 2.24) is 0 Å². The van der Waals surface area contributed by atoms with Crippen LogP contribution < -0.4 is 0 Å². The van der Waals surface area contributed by atoms with E-state index in [9.17, 15) is 4.21 Å². The third kappa shape index (κ3) is 2.10. The van der Waals surface area contributed by atoms with E-state index in [0.29, 0.717) is 5.75 Å². The van der Waals surface area contributed by atoms with Crippen molar-refractivity contribution < 1.29 is 4.21 Å². The van der Waals surface area contributed by atoms with E-state index in [-0.39, 0.29) is 0 Å². The zero-order valence-electron chi connectivity index (χ0n) is 7.60. The molecule has 5 heteroatoms. The smallest absolute Gasteiger partial charge is 0.139 e. The molecule has 0 spiro atoms. The van der Waals surface area contributed by atoms with Gasteiger partial charge in [-0.25, -0.2) is 4.21 Å². The molecule has 1 atom stereocenters. The summed E-state index contributed by atoms with van der Waals surface area (Å²) in [5.74, 6) is 0.579. The van der Waals surface area contributed by atoms with Crippen LogP contribution >= 0.6 is 22.7 Å². The highest BCUT2D eigenvalue weighted by Gasteiger charge is 2.00. The average molecular weight is 243 g/mol. The summed E-state index contributed by atoms with van der Waals surface area (Å²) in [5, 5.41) is 5.48. The minimum Gasteiger partial charge on any atom is -0.235 e. The Labute approximate surface area is 92.9 Å². The van der Waals surface area contributed by atoms with Crippen molar-refractivity contribution in [3.8, 4) is 0 Å². The molecule has 14 heavy (non-hydrogen) atoms. The largest absolute Gasteiger partial charge is 0.235 e.